The summed E-state index contributed by atoms with van der Waals surface area (Å²) in [6.45, 7) is 1.70. The number of carbonyl (C=O) groups is 1. The van der Waals surface area contributed by atoms with Crippen molar-refractivity contribution in [3.8, 4) is 11.5 Å². The molecule has 0 radical (unpaired) electrons. The van der Waals surface area contributed by atoms with Gasteiger partial charge in [-0.15, -0.1) is 21.5 Å². The van der Waals surface area contributed by atoms with Crippen molar-refractivity contribution in [2.75, 3.05) is 0 Å². The third-order valence-electron chi connectivity index (χ3n) is 3.66. The molecule has 25 heavy (non-hydrogen) atoms. The Bertz CT molecular complexity index is 1030. The van der Waals surface area contributed by atoms with Crippen molar-refractivity contribution in [3.05, 3.63) is 65.5 Å². The SMILES string of the molecule is C[C@H](OC(=O)c1ccc2ncsc2c1)c1nnc(-c2ccccc2)o1. The van der Waals surface area contributed by atoms with Gasteiger partial charge < -0.3 is 9.15 Å². The molecular formula is C18H13N3O3S. The molecule has 0 bridgehead atoms. The largest absolute Gasteiger partial charge is 0.449 e. The van der Waals surface area contributed by atoms with Crippen molar-refractivity contribution < 1.29 is 13.9 Å². The molecule has 2 aromatic heterocycles. The number of ether oxygens (including phenoxy) is 1. The molecule has 1 atom stereocenters. The van der Waals surface area contributed by atoms with Crippen molar-refractivity contribution in [1.82, 2.24) is 15.2 Å². The maximum Gasteiger partial charge on any atom is 0.338 e. The number of thiazole rings is 1. The molecule has 2 aromatic carbocycles. The van der Waals surface area contributed by atoms with Crippen LogP contribution in [-0.2, 0) is 4.74 Å². The Morgan fingerprint density at radius 2 is 2.00 bits per heavy atom. The summed E-state index contributed by atoms with van der Waals surface area (Å²) < 4.78 is 12.0. The number of aromatic nitrogens is 3. The molecule has 2 heterocycles. The van der Waals surface area contributed by atoms with Crippen LogP contribution in [0.1, 0.15) is 29.3 Å². The van der Waals surface area contributed by atoms with Gasteiger partial charge >= 0.3 is 5.97 Å². The zero-order valence-corrected chi connectivity index (χ0v) is 14.1. The monoisotopic (exact) mass is 351 g/mol. The van der Waals surface area contributed by atoms with Crippen LogP contribution in [0.25, 0.3) is 21.7 Å². The molecular weight excluding hydrogens is 338 g/mol. The first-order chi connectivity index (χ1) is 12.2. The van der Waals surface area contributed by atoms with Crippen LogP contribution in [0.4, 0.5) is 0 Å². The molecule has 0 amide bonds. The molecule has 0 spiro atoms. The van der Waals surface area contributed by atoms with Crippen LogP contribution in [-0.4, -0.2) is 21.2 Å². The van der Waals surface area contributed by atoms with Gasteiger partial charge in [0.1, 0.15) is 0 Å². The van der Waals surface area contributed by atoms with Gasteiger partial charge in [-0.2, -0.15) is 0 Å². The molecule has 7 heteroatoms. The zero-order chi connectivity index (χ0) is 17.2. The van der Waals surface area contributed by atoms with E-state index in [1.54, 1.807) is 30.6 Å². The molecule has 0 aliphatic heterocycles. The number of fused-ring (bicyclic) bond motifs is 1. The maximum atomic E-state index is 12.3. The van der Waals surface area contributed by atoms with E-state index in [9.17, 15) is 4.79 Å². The van der Waals surface area contributed by atoms with E-state index >= 15 is 0 Å². The third kappa shape index (κ3) is 3.14. The molecule has 0 aliphatic rings. The van der Waals surface area contributed by atoms with Gasteiger partial charge in [-0.05, 0) is 37.3 Å². The minimum Gasteiger partial charge on any atom is -0.449 e. The highest BCUT2D eigenvalue weighted by molar-refractivity contribution is 7.16. The molecule has 4 aromatic rings. The van der Waals surface area contributed by atoms with Gasteiger partial charge in [-0.3, -0.25) is 0 Å². The molecule has 124 valence electrons. The Labute approximate surface area is 147 Å². The topological polar surface area (TPSA) is 78.1 Å². The second-order valence-electron chi connectivity index (χ2n) is 5.39. The summed E-state index contributed by atoms with van der Waals surface area (Å²) in [7, 11) is 0. The fourth-order valence-electron chi connectivity index (χ4n) is 2.36. The quantitative estimate of drug-likeness (QED) is 0.511. The Morgan fingerprint density at radius 3 is 2.84 bits per heavy atom. The van der Waals surface area contributed by atoms with E-state index in [4.69, 9.17) is 9.15 Å². The predicted molar refractivity (Wildman–Crippen MR) is 93.2 cm³/mol. The number of benzene rings is 2. The van der Waals surface area contributed by atoms with Crippen molar-refractivity contribution in [2.45, 2.75) is 13.0 Å². The highest BCUT2D eigenvalue weighted by Gasteiger charge is 2.20. The summed E-state index contributed by atoms with van der Waals surface area (Å²) in [5, 5.41) is 7.99. The summed E-state index contributed by atoms with van der Waals surface area (Å²) >= 11 is 1.48. The molecule has 0 saturated heterocycles. The number of rotatable bonds is 4. The lowest BCUT2D eigenvalue weighted by Gasteiger charge is -2.09. The van der Waals surface area contributed by atoms with Gasteiger partial charge in [0.2, 0.25) is 5.89 Å². The number of esters is 1. The molecule has 0 fully saturated rings. The van der Waals surface area contributed by atoms with Crippen LogP contribution in [0.5, 0.6) is 0 Å². The van der Waals surface area contributed by atoms with Gasteiger partial charge in [0, 0.05) is 5.56 Å². The predicted octanol–water partition coefficient (Wildman–Crippen LogP) is 4.26. The fourth-order valence-corrected chi connectivity index (χ4v) is 3.07. The van der Waals surface area contributed by atoms with Crippen molar-refractivity contribution >= 4 is 27.5 Å². The average molecular weight is 351 g/mol. The second-order valence-corrected chi connectivity index (χ2v) is 6.28. The molecule has 0 N–H and O–H groups in total. The number of carbonyl (C=O) groups excluding carboxylic acids is 1. The Kier molecular flexibility index (Phi) is 3.99. The van der Waals surface area contributed by atoms with Gasteiger partial charge in [0.15, 0.2) is 6.10 Å². The average Bonchev–Trinajstić information content (AvgIpc) is 3.31. The second kappa shape index (κ2) is 6.45. The van der Waals surface area contributed by atoms with Crippen LogP contribution in [0.3, 0.4) is 0 Å². The standard InChI is InChI=1S/C18H13N3O3S/c1-11(16-20-21-17(24-16)12-5-3-2-4-6-12)23-18(22)13-7-8-14-15(9-13)25-10-19-14/h2-11H,1H3/t11-/m0/s1. The van der Waals surface area contributed by atoms with Crippen molar-refractivity contribution in [1.29, 1.82) is 0 Å². The summed E-state index contributed by atoms with van der Waals surface area (Å²) in [6.07, 6.45) is -0.644. The van der Waals surface area contributed by atoms with Crippen molar-refractivity contribution in [3.63, 3.8) is 0 Å². The van der Waals surface area contributed by atoms with Gasteiger partial charge in [-0.25, -0.2) is 9.78 Å². The first-order valence-corrected chi connectivity index (χ1v) is 8.52. The molecule has 4 rings (SSSR count). The molecule has 0 saturated carbocycles. The summed E-state index contributed by atoms with van der Waals surface area (Å²) in [5.74, 6) is 0.206. The van der Waals surface area contributed by atoms with Gasteiger partial charge in [0.25, 0.3) is 5.89 Å². The van der Waals surface area contributed by atoms with E-state index in [0.29, 0.717) is 11.5 Å². The van der Waals surface area contributed by atoms with E-state index < -0.39 is 12.1 Å². The Hall–Kier alpha value is -3.06. The van der Waals surface area contributed by atoms with E-state index in [1.165, 1.54) is 11.3 Å². The normalized spacial score (nSPS) is 12.2. The van der Waals surface area contributed by atoms with Crippen molar-refractivity contribution in [2.24, 2.45) is 0 Å². The van der Waals surface area contributed by atoms with Crippen LogP contribution in [0.15, 0.2) is 58.5 Å². The molecule has 0 aliphatic carbocycles. The van der Waals surface area contributed by atoms with Crippen LogP contribution in [0.2, 0.25) is 0 Å². The lowest BCUT2D eigenvalue weighted by atomic mass is 10.2. The smallest absolute Gasteiger partial charge is 0.338 e. The van der Waals surface area contributed by atoms with E-state index in [2.05, 4.69) is 15.2 Å². The highest BCUT2D eigenvalue weighted by Crippen LogP contribution is 2.24. The van der Waals surface area contributed by atoms with E-state index in [-0.39, 0.29) is 5.89 Å². The minimum atomic E-state index is -0.644. The molecule has 6 nitrogen and oxygen atoms in total. The molecule has 0 unspecified atom stereocenters. The number of hydrogen-bond acceptors (Lipinski definition) is 7. The van der Waals surface area contributed by atoms with E-state index in [0.717, 1.165) is 15.8 Å². The first kappa shape index (κ1) is 15.5. The summed E-state index contributed by atoms with van der Waals surface area (Å²) in [6, 6.07) is 14.7. The van der Waals surface area contributed by atoms with E-state index in [1.807, 2.05) is 30.3 Å². The summed E-state index contributed by atoms with van der Waals surface area (Å²) in [4.78, 5) is 16.5. The van der Waals surface area contributed by atoms with Gasteiger partial charge in [-0.1, -0.05) is 18.2 Å². The van der Waals surface area contributed by atoms with Crippen LogP contribution < -0.4 is 0 Å². The first-order valence-electron chi connectivity index (χ1n) is 7.64. The fraction of sp³-hybridized carbons (Fsp3) is 0.111. The van der Waals surface area contributed by atoms with Gasteiger partial charge in [0.05, 0.1) is 21.3 Å². The Balaban J connectivity index is 1.50. The van der Waals surface area contributed by atoms with Crippen LogP contribution >= 0.6 is 11.3 Å². The third-order valence-corrected chi connectivity index (χ3v) is 4.45. The minimum absolute atomic E-state index is 0.256. The number of nitrogens with zero attached hydrogens (tertiary/aromatic N) is 3. The number of hydrogen-bond donors (Lipinski definition) is 0. The maximum absolute atomic E-state index is 12.3. The lowest BCUT2D eigenvalue weighted by Crippen LogP contribution is -2.09. The lowest BCUT2D eigenvalue weighted by molar-refractivity contribution is 0.0280. The summed E-state index contributed by atoms with van der Waals surface area (Å²) in [5.41, 5.74) is 3.88. The van der Waals surface area contributed by atoms with Crippen LogP contribution in [0, 0.1) is 0 Å². The Morgan fingerprint density at radius 1 is 1.16 bits per heavy atom. The highest BCUT2D eigenvalue weighted by atomic mass is 32.1. The zero-order valence-electron chi connectivity index (χ0n) is 13.2.